The second kappa shape index (κ2) is 7.31. The lowest BCUT2D eigenvalue weighted by Crippen LogP contribution is -2.42. The summed E-state index contributed by atoms with van der Waals surface area (Å²) in [7, 11) is -3.10. The first-order valence-corrected chi connectivity index (χ1v) is 11.6. The number of fused-ring (bicyclic) bond motifs is 1. The highest BCUT2D eigenvalue weighted by Gasteiger charge is 2.33. The molecule has 0 N–H and O–H groups in total. The molecule has 0 radical (unpaired) electrons. The number of carbonyl (C=O) groups is 1. The quantitative estimate of drug-likeness (QED) is 0.792. The highest BCUT2D eigenvalue weighted by Crippen LogP contribution is 2.26. The molecule has 1 saturated heterocycles. The van der Waals surface area contributed by atoms with E-state index in [0.717, 1.165) is 18.4 Å². The van der Waals surface area contributed by atoms with Crippen molar-refractivity contribution in [3.63, 3.8) is 0 Å². The van der Waals surface area contributed by atoms with Crippen LogP contribution < -0.4 is 0 Å². The maximum atomic E-state index is 12.6. The van der Waals surface area contributed by atoms with Crippen LogP contribution in [0.5, 0.6) is 0 Å². The van der Waals surface area contributed by atoms with Crippen molar-refractivity contribution in [3.05, 3.63) is 35.2 Å². The Morgan fingerprint density at radius 2 is 1.88 bits per heavy atom. The summed E-state index contributed by atoms with van der Waals surface area (Å²) in [5, 5.41) is 3.25. The number of hydrogen-bond donors (Lipinski definition) is 0. The number of carbonyl (C=O) groups excluding carboxylic acids is 1. The minimum absolute atomic E-state index is 0.136. The molecule has 0 unspecified atom stereocenters. The Balaban J connectivity index is 1.55. The van der Waals surface area contributed by atoms with Crippen LogP contribution >= 0.6 is 11.3 Å². The van der Waals surface area contributed by atoms with Crippen molar-refractivity contribution >= 4 is 37.2 Å². The molecule has 0 atom stereocenters. The maximum Gasteiger partial charge on any atom is 0.226 e. The van der Waals surface area contributed by atoms with Gasteiger partial charge in [0.25, 0.3) is 0 Å². The number of benzene rings is 1. The second-order valence-corrected chi connectivity index (χ2v) is 11.9. The van der Waals surface area contributed by atoms with E-state index in [1.807, 2.05) is 11.0 Å². The van der Waals surface area contributed by atoms with Gasteiger partial charge in [0.2, 0.25) is 5.91 Å². The maximum absolute atomic E-state index is 12.6. The average Bonchev–Trinajstić information content (AvgIpc) is 3.01. The van der Waals surface area contributed by atoms with Crippen molar-refractivity contribution < 1.29 is 13.2 Å². The number of amides is 1. The van der Waals surface area contributed by atoms with Gasteiger partial charge in [-0.15, -0.1) is 11.3 Å². The van der Waals surface area contributed by atoms with Crippen LogP contribution in [-0.4, -0.2) is 42.8 Å². The van der Waals surface area contributed by atoms with Gasteiger partial charge in [0.05, 0.1) is 16.9 Å². The first kappa shape index (κ1) is 19.4. The lowest BCUT2D eigenvalue weighted by Gasteiger charge is -2.33. The summed E-state index contributed by atoms with van der Waals surface area (Å²) in [5.41, 5.74) is 1.04. The Kier molecular flexibility index (Phi) is 5.45. The van der Waals surface area contributed by atoms with Gasteiger partial charge in [0, 0.05) is 17.8 Å². The normalized spacial score (nSPS) is 17.0. The highest BCUT2D eigenvalue weighted by molar-refractivity contribution is 7.92. The fraction of sp³-hybridized carbons (Fsp3) is 0.550. The van der Waals surface area contributed by atoms with Crippen LogP contribution in [0, 0.1) is 5.92 Å². The van der Waals surface area contributed by atoms with E-state index in [1.165, 1.54) is 10.1 Å². The topological polar surface area (TPSA) is 54.5 Å². The van der Waals surface area contributed by atoms with Crippen LogP contribution in [-0.2, 0) is 21.1 Å². The molecule has 1 aliphatic rings. The summed E-state index contributed by atoms with van der Waals surface area (Å²) in [6.07, 6.45) is 1.95. The number of sulfone groups is 1. The molecule has 26 heavy (non-hydrogen) atoms. The van der Waals surface area contributed by atoms with Crippen LogP contribution in [0.3, 0.4) is 0 Å². The van der Waals surface area contributed by atoms with Gasteiger partial charge in [-0.1, -0.05) is 6.07 Å². The van der Waals surface area contributed by atoms with E-state index in [1.54, 1.807) is 32.1 Å². The fourth-order valence-electron chi connectivity index (χ4n) is 3.32. The van der Waals surface area contributed by atoms with E-state index in [-0.39, 0.29) is 17.6 Å². The highest BCUT2D eigenvalue weighted by atomic mass is 32.2. The van der Waals surface area contributed by atoms with Gasteiger partial charge in [-0.05, 0) is 74.1 Å². The number of nitrogens with zero attached hydrogens (tertiary/aromatic N) is 1. The predicted molar refractivity (Wildman–Crippen MR) is 108 cm³/mol. The molecular formula is C20H27NO3S2. The first-order chi connectivity index (χ1) is 12.2. The van der Waals surface area contributed by atoms with E-state index in [0.29, 0.717) is 19.5 Å². The molecule has 2 heterocycles. The van der Waals surface area contributed by atoms with Crippen molar-refractivity contribution in [3.8, 4) is 0 Å². The Hall–Kier alpha value is -1.40. The third-order valence-electron chi connectivity index (χ3n) is 5.23. The van der Waals surface area contributed by atoms with Crippen molar-refractivity contribution in [2.75, 3.05) is 18.8 Å². The van der Waals surface area contributed by atoms with E-state index >= 15 is 0 Å². The Morgan fingerprint density at radius 1 is 1.19 bits per heavy atom. The van der Waals surface area contributed by atoms with Gasteiger partial charge in [0.15, 0.2) is 9.84 Å². The molecule has 6 heteroatoms. The number of thiophene rings is 1. The number of piperidine rings is 1. The van der Waals surface area contributed by atoms with Gasteiger partial charge >= 0.3 is 0 Å². The molecule has 142 valence electrons. The molecule has 0 bridgehead atoms. The van der Waals surface area contributed by atoms with E-state index in [2.05, 4.69) is 23.6 Å². The van der Waals surface area contributed by atoms with E-state index in [4.69, 9.17) is 0 Å². The molecule has 1 aromatic carbocycles. The molecule has 2 aromatic rings. The summed E-state index contributed by atoms with van der Waals surface area (Å²) in [4.78, 5) is 14.5. The second-order valence-electron chi connectivity index (χ2n) is 8.19. The smallest absolute Gasteiger partial charge is 0.226 e. The van der Waals surface area contributed by atoms with Gasteiger partial charge < -0.3 is 4.90 Å². The average molecular weight is 394 g/mol. The van der Waals surface area contributed by atoms with E-state index in [9.17, 15) is 13.2 Å². The van der Waals surface area contributed by atoms with Crippen LogP contribution in [0.2, 0.25) is 0 Å². The lowest BCUT2D eigenvalue weighted by molar-refractivity contribution is -0.131. The molecule has 1 aromatic heterocycles. The van der Waals surface area contributed by atoms with Crippen molar-refractivity contribution in [2.24, 2.45) is 5.92 Å². The summed E-state index contributed by atoms with van der Waals surface area (Å²) in [6, 6.07) is 8.27. The standard InChI is InChI=1S/C20H27NO3S2/c1-20(2,3)26(23,24)14-15-6-9-21(10-7-15)19(22)13-16-4-5-18-17(12-16)8-11-25-18/h4-5,8,11-12,15H,6-7,9-10,13-14H2,1-3H3. The summed E-state index contributed by atoms with van der Waals surface area (Å²) >= 11 is 1.70. The molecule has 1 amide bonds. The minimum atomic E-state index is -3.10. The zero-order valence-electron chi connectivity index (χ0n) is 15.7. The lowest BCUT2D eigenvalue weighted by atomic mass is 9.98. The Morgan fingerprint density at radius 3 is 2.54 bits per heavy atom. The zero-order valence-corrected chi connectivity index (χ0v) is 17.3. The minimum Gasteiger partial charge on any atom is -0.342 e. The molecule has 4 nitrogen and oxygen atoms in total. The zero-order chi connectivity index (χ0) is 18.9. The molecule has 1 fully saturated rings. The van der Waals surface area contributed by atoms with Crippen molar-refractivity contribution in [1.82, 2.24) is 4.90 Å². The third-order valence-corrected chi connectivity index (χ3v) is 8.90. The Bertz CT molecular complexity index is 885. The third kappa shape index (κ3) is 4.29. The summed E-state index contributed by atoms with van der Waals surface area (Å²) < 4.78 is 25.3. The number of likely N-dealkylation sites (tertiary alicyclic amines) is 1. The molecule has 1 aliphatic heterocycles. The fourth-order valence-corrected chi connectivity index (χ4v) is 5.55. The summed E-state index contributed by atoms with van der Waals surface area (Å²) in [5.74, 6) is 0.523. The summed E-state index contributed by atoms with van der Waals surface area (Å²) in [6.45, 7) is 6.58. The number of rotatable bonds is 4. The predicted octanol–water partition coefficient (Wildman–Crippen LogP) is 3.90. The van der Waals surface area contributed by atoms with Crippen LogP contribution in [0.1, 0.15) is 39.2 Å². The molecule has 0 saturated carbocycles. The monoisotopic (exact) mass is 393 g/mol. The van der Waals surface area contributed by atoms with Gasteiger partial charge in [-0.3, -0.25) is 4.79 Å². The van der Waals surface area contributed by atoms with Gasteiger partial charge in [0.1, 0.15) is 0 Å². The van der Waals surface area contributed by atoms with Crippen LogP contribution in [0.15, 0.2) is 29.6 Å². The van der Waals surface area contributed by atoms with Gasteiger partial charge in [-0.25, -0.2) is 8.42 Å². The molecule has 0 spiro atoms. The molecule has 3 rings (SSSR count). The molecule has 0 aliphatic carbocycles. The Labute approximate surface area is 160 Å². The van der Waals surface area contributed by atoms with Crippen molar-refractivity contribution in [2.45, 2.75) is 44.8 Å². The van der Waals surface area contributed by atoms with Gasteiger partial charge in [-0.2, -0.15) is 0 Å². The van der Waals surface area contributed by atoms with E-state index < -0.39 is 14.6 Å². The van der Waals surface area contributed by atoms with Crippen LogP contribution in [0.4, 0.5) is 0 Å². The van der Waals surface area contributed by atoms with Crippen molar-refractivity contribution in [1.29, 1.82) is 0 Å². The first-order valence-electron chi connectivity index (χ1n) is 9.12. The molecular weight excluding hydrogens is 366 g/mol. The van der Waals surface area contributed by atoms with Crippen LogP contribution in [0.25, 0.3) is 10.1 Å². The number of hydrogen-bond acceptors (Lipinski definition) is 4. The SMILES string of the molecule is CC(C)(C)S(=O)(=O)CC1CCN(C(=O)Cc2ccc3sccc3c2)CC1. The largest absolute Gasteiger partial charge is 0.342 e.